The lowest BCUT2D eigenvalue weighted by Crippen LogP contribution is -2.41. The maximum atomic E-state index is 11.7. The van der Waals surface area contributed by atoms with Crippen molar-refractivity contribution >= 4 is 5.91 Å². The average Bonchev–Trinajstić information content (AvgIpc) is 2.61. The van der Waals surface area contributed by atoms with Gasteiger partial charge in [0.1, 0.15) is 0 Å². The van der Waals surface area contributed by atoms with E-state index in [0.29, 0.717) is 18.5 Å². The van der Waals surface area contributed by atoms with Crippen molar-refractivity contribution in [2.45, 2.75) is 44.2 Å². The summed E-state index contributed by atoms with van der Waals surface area (Å²) in [5, 5.41) is 0. The van der Waals surface area contributed by atoms with Crippen molar-refractivity contribution in [3.8, 4) is 12.3 Å². The number of hydrogen-bond acceptors (Lipinski definition) is 2. The smallest absolute Gasteiger partial charge is 0.224 e. The van der Waals surface area contributed by atoms with Gasteiger partial charge in [-0.15, -0.1) is 12.3 Å². The quantitative estimate of drug-likeness (QED) is 0.643. The van der Waals surface area contributed by atoms with Gasteiger partial charge in [0, 0.05) is 31.0 Å². The van der Waals surface area contributed by atoms with Crippen molar-refractivity contribution in [2.75, 3.05) is 6.54 Å². The Balaban J connectivity index is 1.94. The van der Waals surface area contributed by atoms with E-state index in [9.17, 15) is 4.79 Å². The van der Waals surface area contributed by atoms with Crippen LogP contribution < -0.4 is 5.73 Å². The SMILES string of the molecule is C#CC1CC(=O)N(C2CCC(N)CC2)C1. The highest BCUT2D eigenvalue weighted by Gasteiger charge is 2.34. The maximum Gasteiger partial charge on any atom is 0.224 e. The highest BCUT2D eigenvalue weighted by atomic mass is 16.2. The van der Waals surface area contributed by atoms with E-state index in [1.807, 2.05) is 4.90 Å². The zero-order valence-electron chi connectivity index (χ0n) is 8.98. The molecule has 2 N–H and O–H groups in total. The molecule has 0 bridgehead atoms. The second kappa shape index (κ2) is 4.24. The summed E-state index contributed by atoms with van der Waals surface area (Å²) in [6.45, 7) is 0.759. The van der Waals surface area contributed by atoms with E-state index in [-0.39, 0.29) is 11.8 Å². The van der Waals surface area contributed by atoms with Crippen molar-refractivity contribution < 1.29 is 4.79 Å². The largest absolute Gasteiger partial charge is 0.338 e. The average molecular weight is 206 g/mol. The molecule has 2 fully saturated rings. The van der Waals surface area contributed by atoms with Gasteiger partial charge >= 0.3 is 0 Å². The zero-order chi connectivity index (χ0) is 10.8. The summed E-state index contributed by atoms with van der Waals surface area (Å²) in [5.74, 6) is 3.05. The molecule has 0 aromatic carbocycles. The van der Waals surface area contributed by atoms with Crippen LogP contribution in [0.25, 0.3) is 0 Å². The highest BCUT2D eigenvalue weighted by molar-refractivity contribution is 5.79. The van der Waals surface area contributed by atoms with E-state index in [1.165, 1.54) is 0 Å². The Kier molecular flexibility index (Phi) is 2.97. The van der Waals surface area contributed by atoms with E-state index in [4.69, 9.17) is 12.2 Å². The van der Waals surface area contributed by atoms with E-state index < -0.39 is 0 Å². The van der Waals surface area contributed by atoms with Crippen LogP contribution >= 0.6 is 0 Å². The molecule has 2 aliphatic rings. The number of hydrogen-bond donors (Lipinski definition) is 1. The van der Waals surface area contributed by atoms with Crippen LogP contribution in [-0.4, -0.2) is 29.4 Å². The molecule has 1 aliphatic carbocycles. The number of amides is 1. The second-order valence-electron chi connectivity index (χ2n) is 4.68. The minimum absolute atomic E-state index is 0.132. The summed E-state index contributed by atoms with van der Waals surface area (Å²) in [5.41, 5.74) is 5.85. The number of nitrogens with two attached hydrogens (primary N) is 1. The first-order valence-corrected chi connectivity index (χ1v) is 5.72. The van der Waals surface area contributed by atoms with Crippen LogP contribution in [0.15, 0.2) is 0 Å². The lowest BCUT2D eigenvalue weighted by atomic mass is 9.91. The summed E-state index contributed by atoms with van der Waals surface area (Å²) in [6, 6.07) is 0.734. The van der Waals surface area contributed by atoms with E-state index in [0.717, 1.165) is 32.2 Å². The number of likely N-dealkylation sites (tertiary alicyclic amines) is 1. The van der Waals surface area contributed by atoms with Gasteiger partial charge in [-0.3, -0.25) is 4.79 Å². The van der Waals surface area contributed by atoms with Gasteiger partial charge in [0.05, 0.1) is 0 Å². The first-order valence-electron chi connectivity index (χ1n) is 5.72. The fourth-order valence-electron chi connectivity index (χ4n) is 2.61. The molecule has 1 heterocycles. The first-order chi connectivity index (χ1) is 7.20. The Morgan fingerprint density at radius 2 is 2.00 bits per heavy atom. The summed E-state index contributed by atoms with van der Waals surface area (Å²) >= 11 is 0. The van der Waals surface area contributed by atoms with Crippen molar-refractivity contribution in [1.82, 2.24) is 4.90 Å². The Hall–Kier alpha value is -1.01. The molecule has 1 aliphatic heterocycles. The molecule has 1 saturated carbocycles. The number of carbonyl (C=O) groups excluding carboxylic acids is 1. The molecular formula is C12H18N2O. The van der Waals surface area contributed by atoms with Crippen LogP contribution in [0, 0.1) is 18.3 Å². The standard InChI is InChI=1S/C12H18N2O/c1-2-9-7-12(15)14(8-9)11-5-3-10(13)4-6-11/h1,9-11H,3-8,13H2. The normalized spacial score (nSPS) is 36.7. The van der Waals surface area contributed by atoms with Crippen LogP contribution in [0.2, 0.25) is 0 Å². The van der Waals surface area contributed by atoms with E-state index in [2.05, 4.69) is 5.92 Å². The van der Waals surface area contributed by atoms with Crippen molar-refractivity contribution in [2.24, 2.45) is 11.7 Å². The molecule has 0 radical (unpaired) electrons. The predicted octanol–water partition coefficient (Wildman–Crippen LogP) is 0.738. The molecule has 15 heavy (non-hydrogen) atoms. The number of terminal acetylenes is 1. The Morgan fingerprint density at radius 3 is 2.53 bits per heavy atom. The van der Waals surface area contributed by atoms with Gasteiger partial charge in [0.2, 0.25) is 5.91 Å². The molecule has 1 amide bonds. The molecule has 2 rings (SSSR count). The minimum atomic E-state index is 0.132. The summed E-state index contributed by atoms with van der Waals surface area (Å²) < 4.78 is 0. The van der Waals surface area contributed by atoms with Crippen molar-refractivity contribution in [1.29, 1.82) is 0 Å². The molecule has 1 unspecified atom stereocenters. The second-order valence-corrected chi connectivity index (χ2v) is 4.68. The monoisotopic (exact) mass is 206 g/mol. The number of rotatable bonds is 1. The highest BCUT2D eigenvalue weighted by Crippen LogP contribution is 2.27. The van der Waals surface area contributed by atoms with Crippen molar-refractivity contribution in [3.05, 3.63) is 0 Å². The van der Waals surface area contributed by atoms with Gasteiger partial charge in [0.15, 0.2) is 0 Å². The Morgan fingerprint density at radius 1 is 1.33 bits per heavy atom. The molecule has 0 spiro atoms. The Bertz CT molecular complexity index is 286. The van der Waals surface area contributed by atoms with Crippen LogP contribution in [0.1, 0.15) is 32.1 Å². The van der Waals surface area contributed by atoms with Gasteiger partial charge in [-0.25, -0.2) is 0 Å². The van der Waals surface area contributed by atoms with Gasteiger partial charge in [0.25, 0.3) is 0 Å². The lowest BCUT2D eigenvalue weighted by Gasteiger charge is -2.33. The molecule has 82 valence electrons. The maximum absolute atomic E-state index is 11.7. The third-order valence-electron chi connectivity index (χ3n) is 3.58. The third-order valence-corrected chi connectivity index (χ3v) is 3.58. The first kappa shape index (κ1) is 10.5. The van der Waals surface area contributed by atoms with Crippen LogP contribution in [-0.2, 0) is 4.79 Å². The molecule has 3 nitrogen and oxygen atoms in total. The molecule has 0 aromatic heterocycles. The van der Waals surface area contributed by atoms with Gasteiger partial charge in [-0.1, -0.05) is 0 Å². The fraction of sp³-hybridized carbons (Fsp3) is 0.750. The number of nitrogens with zero attached hydrogens (tertiary/aromatic N) is 1. The van der Waals surface area contributed by atoms with Gasteiger partial charge < -0.3 is 10.6 Å². The minimum Gasteiger partial charge on any atom is -0.338 e. The molecule has 3 heteroatoms. The van der Waals surface area contributed by atoms with Crippen LogP contribution in [0.4, 0.5) is 0 Å². The number of carbonyl (C=O) groups is 1. The molecule has 1 saturated heterocycles. The molecular weight excluding hydrogens is 188 g/mol. The van der Waals surface area contributed by atoms with Crippen LogP contribution in [0.3, 0.4) is 0 Å². The van der Waals surface area contributed by atoms with Gasteiger partial charge in [-0.2, -0.15) is 0 Å². The van der Waals surface area contributed by atoms with Crippen molar-refractivity contribution in [3.63, 3.8) is 0 Å². The topological polar surface area (TPSA) is 46.3 Å². The molecule has 0 aromatic rings. The summed E-state index contributed by atoms with van der Waals surface area (Å²) in [6.07, 6.45) is 10.1. The van der Waals surface area contributed by atoms with E-state index in [1.54, 1.807) is 0 Å². The fourth-order valence-corrected chi connectivity index (χ4v) is 2.61. The molecule has 1 atom stereocenters. The van der Waals surface area contributed by atoms with Gasteiger partial charge in [-0.05, 0) is 25.7 Å². The Labute approximate surface area is 91.0 Å². The summed E-state index contributed by atoms with van der Waals surface area (Å²) in [7, 11) is 0. The third kappa shape index (κ3) is 2.15. The van der Waals surface area contributed by atoms with Crippen LogP contribution in [0.5, 0.6) is 0 Å². The zero-order valence-corrected chi connectivity index (χ0v) is 8.98. The lowest BCUT2D eigenvalue weighted by molar-refractivity contribution is -0.130. The predicted molar refractivity (Wildman–Crippen MR) is 58.9 cm³/mol. The van der Waals surface area contributed by atoms with E-state index >= 15 is 0 Å². The summed E-state index contributed by atoms with van der Waals surface area (Å²) in [4.78, 5) is 13.7.